The van der Waals surface area contributed by atoms with E-state index in [9.17, 15) is 4.79 Å². The quantitative estimate of drug-likeness (QED) is 0.229. The zero-order valence-electron chi connectivity index (χ0n) is 22.1. The highest BCUT2D eigenvalue weighted by Gasteiger charge is 2.10. The summed E-state index contributed by atoms with van der Waals surface area (Å²) in [5.41, 5.74) is 7.63. The number of aryl methyl sites for hydroxylation is 1. The van der Waals surface area contributed by atoms with Crippen molar-refractivity contribution in [3.05, 3.63) is 130 Å². The lowest BCUT2D eigenvalue weighted by Gasteiger charge is -2.13. The second kappa shape index (κ2) is 15.1. The Balaban J connectivity index is 0.000000375. The molecule has 6 heteroatoms. The van der Waals surface area contributed by atoms with Gasteiger partial charge in [-0.15, -0.1) is 5.73 Å². The minimum Gasteiger partial charge on any atom is -0.488 e. The summed E-state index contributed by atoms with van der Waals surface area (Å²) < 4.78 is 6.02. The smallest absolute Gasteiger partial charge is 0.189 e. The van der Waals surface area contributed by atoms with Crippen molar-refractivity contribution in [1.82, 2.24) is 10.3 Å². The predicted octanol–water partition coefficient (Wildman–Crippen LogP) is 7.01. The second-order valence-corrected chi connectivity index (χ2v) is 9.37. The number of allylic oxidation sites excluding steroid dienone is 3. The molecule has 0 bridgehead atoms. The summed E-state index contributed by atoms with van der Waals surface area (Å²) in [5.74, 6) is 0.650. The van der Waals surface area contributed by atoms with Crippen LogP contribution in [-0.2, 0) is 6.54 Å². The van der Waals surface area contributed by atoms with Gasteiger partial charge in [-0.1, -0.05) is 78.6 Å². The van der Waals surface area contributed by atoms with E-state index in [0.29, 0.717) is 17.9 Å². The molecule has 1 N–H and O–H groups in total. The molecule has 1 aromatic heterocycles. The fraction of sp³-hybridized carbons (Fsp3) is 0.156. The first-order chi connectivity index (χ1) is 18.5. The number of hydrogen-bond acceptors (Lipinski definition) is 6. The molecule has 0 atom stereocenters. The van der Waals surface area contributed by atoms with Crippen LogP contribution in [0.4, 0.5) is 5.13 Å². The molecule has 0 spiro atoms. The summed E-state index contributed by atoms with van der Waals surface area (Å²) in [4.78, 5) is 19.1. The molecule has 1 heterocycles. The van der Waals surface area contributed by atoms with E-state index in [4.69, 9.17) is 4.74 Å². The Kier molecular flexibility index (Phi) is 11.3. The molecule has 1 aliphatic rings. The lowest BCUT2D eigenvalue weighted by molar-refractivity contribution is 0.112. The van der Waals surface area contributed by atoms with Crippen LogP contribution in [0.1, 0.15) is 32.1 Å². The van der Waals surface area contributed by atoms with Crippen LogP contribution in [0.5, 0.6) is 5.75 Å². The first-order valence-corrected chi connectivity index (χ1v) is 13.1. The molecule has 194 valence electrons. The standard InChI is InChI=1S/C24H22N2O2S.C8H11N/c1-4-23-18(2)25-24(29-23)26(3)15-14-21-20(16-27)12-9-13-22(21)28-17-19-10-7-5-6-8-11-19;1-9-7-8-5-3-2-4-6-8/h4-5,7-16H,1,17H2,2-3H3;2-6,9H,7H2,1H3/b15-14-;. The van der Waals surface area contributed by atoms with Gasteiger partial charge in [-0.2, -0.15) is 0 Å². The van der Waals surface area contributed by atoms with Gasteiger partial charge in [0.2, 0.25) is 0 Å². The Bertz CT molecular complexity index is 1380. The predicted molar refractivity (Wildman–Crippen MR) is 161 cm³/mol. The van der Waals surface area contributed by atoms with Crippen LogP contribution in [-0.4, -0.2) is 32.0 Å². The van der Waals surface area contributed by atoms with E-state index in [2.05, 4.69) is 34.7 Å². The average Bonchev–Trinajstić information content (AvgIpc) is 3.14. The number of anilines is 1. The maximum atomic E-state index is 11.6. The van der Waals surface area contributed by atoms with Crippen molar-refractivity contribution in [2.24, 2.45) is 0 Å². The normalized spacial score (nSPS) is 11.9. The van der Waals surface area contributed by atoms with Gasteiger partial charge < -0.3 is 15.0 Å². The number of hydrogen-bond donors (Lipinski definition) is 1. The van der Waals surface area contributed by atoms with Gasteiger partial charge in [0, 0.05) is 30.9 Å². The topological polar surface area (TPSA) is 54.5 Å². The van der Waals surface area contributed by atoms with E-state index in [1.54, 1.807) is 17.4 Å². The van der Waals surface area contributed by atoms with Gasteiger partial charge in [-0.3, -0.25) is 4.79 Å². The van der Waals surface area contributed by atoms with Crippen molar-refractivity contribution in [3.63, 3.8) is 0 Å². The monoisotopic (exact) mass is 523 g/mol. The molecule has 0 fully saturated rings. The Morgan fingerprint density at radius 2 is 1.97 bits per heavy atom. The second-order valence-electron chi connectivity index (χ2n) is 8.36. The molecule has 0 amide bonds. The molecule has 0 saturated heterocycles. The van der Waals surface area contributed by atoms with Crippen LogP contribution in [0.2, 0.25) is 0 Å². The maximum Gasteiger partial charge on any atom is 0.189 e. The van der Waals surface area contributed by atoms with Gasteiger partial charge in [0.05, 0.1) is 10.6 Å². The number of rotatable bonds is 10. The molecule has 1 aliphatic carbocycles. The third kappa shape index (κ3) is 8.43. The highest BCUT2D eigenvalue weighted by Crippen LogP contribution is 2.28. The van der Waals surface area contributed by atoms with Gasteiger partial charge in [-0.25, -0.2) is 4.98 Å². The lowest BCUT2D eigenvalue weighted by Crippen LogP contribution is -2.07. The molecule has 0 aliphatic heterocycles. The molecule has 2 aromatic carbocycles. The number of aldehydes is 1. The van der Waals surface area contributed by atoms with Crippen LogP contribution in [0.25, 0.3) is 12.2 Å². The molecular weight excluding hydrogens is 490 g/mol. The highest BCUT2D eigenvalue weighted by molar-refractivity contribution is 7.16. The number of carbonyl (C=O) groups excluding carboxylic acids is 1. The number of nitrogens with zero attached hydrogens (tertiary/aromatic N) is 2. The number of thiazole rings is 1. The first-order valence-electron chi connectivity index (χ1n) is 12.2. The zero-order valence-corrected chi connectivity index (χ0v) is 22.9. The number of ether oxygens (including phenoxy) is 1. The Morgan fingerprint density at radius 1 is 1.16 bits per heavy atom. The van der Waals surface area contributed by atoms with Gasteiger partial charge in [0.15, 0.2) is 11.4 Å². The van der Waals surface area contributed by atoms with Crippen molar-refractivity contribution in [2.75, 3.05) is 25.6 Å². The summed E-state index contributed by atoms with van der Waals surface area (Å²) in [7, 11) is 3.87. The largest absolute Gasteiger partial charge is 0.488 e. The average molecular weight is 524 g/mol. The van der Waals surface area contributed by atoms with E-state index in [1.165, 1.54) is 5.56 Å². The van der Waals surface area contributed by atoms with Crippen molar-refractivity contribution >= 4 is 34.9 Å². The molecular formula is C32H33N3O2S. The first kappa shape index (κ1) is 28.4. The fourth-order valence-electron chi connectivity index (χ4n) is 3.50. The number of aromatic nitrogens is 1. The number of benzene rings is 2. The summed E-state index contributed by atoms with van der Waals surface area (Å²) in [5, 5.41) is 3.94. The third-order valence-electron chi connectivity index (χ3n) is 5.51. The SMILES string of the molecule is C=Cc1sc(N(C)/C=C\c2c(C=O)cccc2OCC2=CC=C=CC=C2)nc1C.CNCc1ccccc1. The van der Waals surface area contributed by atoms with Crippen LogP contribution >= 0.6 is 11.3 Å². The van der Waals surface area contributed by atoms with Crippen molar-refractivity contribution in [2.45, 2.75) is 13.5 Å². The Hall–Kier alpha value is -4.22. The molecule has 3 aromatic rings. The van der Waals surface area contributed by atoms with Gasteiger partial charge in [-0.05, 0) is 55.5 Å². The van der Waals surface area contributed by atoms with Gasteiger partial charge in [0.1, 0.15) is 12.4 Å². The van der Waals surface area contributed by atoms with Crippen LogP contribution in [0, 0.1) is 6.92 Å². The van der Waals surface area contributed by atoms with Crippen LogP contribution in [0.3, 0.4) is 0 Å². The highest BCUT2D eigenvalue weighted by atomic mass is 32.1. The minimum atomic E-state index is 0.399. The third-order valence-corrected chi connectivity index (χ3v) is 6.76. The molecule has 5 nitrogen and oxygen atoms in total. The number of nitrogens with one attached hydrogen (secondary N) is 1. The van der Waals surface area contributed by atoms with E-state index in [1.807, 2.05) is 105 Å². The fourth-order valence-corrected chi connectivity index (χ4v) is 4.36. The molecule has 0 saturated carbocycles. The molecule has 0 unspecified atom stereocenters. The van der Waals surface area contributed by atoms with Crippen LogP contribution < -0.4 is 15.0 Å². The molecule has 38 heavy (non-hydrogen) atoms. The summed E-state index contributed by atoms with van der Waals surface area (Å²) in [6.07, 6.45) is 16.0. The van der Waals surface area contributed by atoms with Gasteiger partial charge >= 0.3 is 0 Å². The van der Waals surface area contributed by atoms with Crippen LogP contribution in [0.15, 0.2) is 103 Å². The van der Waals surface area contributed by atoms with E-state index < -0.39 is 0 Å². The Labute approximate surface area is 229 Å². The molecule has 4 rings (SSSR count). The molecule has 0 radical (unpaired) electrons. The summed E-state index contributed by atoms with van der Waals surface area (Å²) in [6.45, 7) is 7.14. The summed E-state index contributed by atoms with van der Waals surface area (Å²) >= 11 is 1.57. The van der Waals surface area contributed by atoms with E-state index >= 15 is 0 Å². The summed E-state index contributed by atoms with van der Waals surface area (Å²) in [6, 6.07) is 15.8. The Morgan fingerprint density at radius 3 is 2.68 bits per heavy atom. The number of carbonyl (C=O) groups is 1. The zero-order chi connectivity index (χ0) is 27.2. The maximum absolute atomic E-state index is 11.6. The van der Waals surface area contributed by atoms with Crippen molar-refractivity contribution in [3.8, 4) is 5.75 Å². The lowest BCUT2D eigenvalue weighted by atomic mass is 10.1. The van der Waals surface area contributed by atoms with Crippen molar-refractivity contribution < 1.29 is 9.53 Å². The van der Waals surface area contributed by atoms with E-state index in [0.717, 1.165) is 39.7 Å². The van der Waals surface area contributed by atoms with Gasteiger partial charge in [0.25, 0.3) is 0 Å². The minimum absolute atomic E-state index is 0.399. The van der Waals surface area contributed by atoms with E-state index in [-0.39, 0.29) is 0 Å². The van der Waals surface area contributed by atoms with Crippen molar-refractivity contribution in [1.29, 1.82) is 0 Å².